The minimum absolute atomic E-state index is 0.490. The predicted molar refractivity (Wildman–Crippen MR) is 42.0 cm³/mol. The van der Waals surface area contributed by atoms with E-state index in [9.17, 15) is 0 Å². The van der Waals surface area contributed by atoms with Crippen LogP contribution in [0.1, 0.15) is 5.56 Å². The lowest BCUT2D eigenvalue weighted by Gasteiger charge is -1.97. The molecule has 0 amide bonds. The first-order valence-electron chi connectivity index (χ1n) is 2.96. The fraction of sp³-hybridized carbons (Fsp3) is 0.143. The van der Waals surface area contributed by atoms with Crippen molar-refractivity contribution >= 4 is 9.47 Å². The van der Waals surface area contributed by atoms with E-state index in [0.717, 1.165) is 5.56 Å². The fourth-order valence-electron chi connectivity index (χ4n) is 0.676. The van der Waals surface area contributed by atoms with Gasteiger partial charge in [-0.25, -0.2) is 9.56 Å². The smallest absolute Gasteiger partial charge is 0.108 e. The van der Waals surface area contributed by atoms with Crippen LogP contribution in [-0.4, -0.2) is 0 Å². The molecule has 0 saturated carbocycles. The molecular weight excluding hydrogens is 147 g/mol. The molecule has 0 saturated heterocycles. The first-order valence-corrected chi connectivity index (χ1v) is 3.43. The van der Waals surface area contributed by atoms with Crippen molar-refractivity contribution < 1.29 is 9.56 Å². The molecule has 2 nitrogen and oxygen atoms in total. The van der Waals surface area contributed by atoms with E-state index in [1.165, 1.54) is 0 Å². The minimum atomic E-state index is 0.490. The van der Waals surface area contributed by atoms with Gasteiger partial charge in [0.2, 0.25) is 0 Å². The van der Waals surface area contributed by atoms with Gasteiger partial charge in [-0.3, -0.25) is 0 Å². The van der Waals surface area contributed by atoms with Crippen molar-refractivity contribution in [2.24, 2.45) is 0 Å². The Kier molecular flexibility index (Phi) is 3.37. The van der Waals surface area contributed by atoms with Crippen LogP contribution >= 0.6 is 9.47 Å². The molecule has 54 valence electrons. The van der Waals surface area contributed by atoms with Crippen molar-refractivity contribution in [2.45, 2.75) is 6.61 Å². The van der Waals surface area contributed by atoms with E-state index in [0.29, 0.717) is 6.61 Å². The molecule has 1 aromatic carbocycles. The summed E-state index contributed by atoms with van der Waals surface area (Å²) < 4.78 is 4.36. The number of rotatable bonds is 3. The Balaban J connectivity index is 2.43. The van der Waals surface area contributed by atoms with Gasteiger partial charge in [-0.05, 0) is 5.56 Å². The van der Waals surface area contributed by atoms with Gasteiger partial charge >= 0.3 is 0 Å². The maximum atomic E-state index is 4.68. The van der Waals surface area contributed by atoms with Crippen molar-refractivity contribution in [3.63, 3.8) is 0 Å². The highest BCUT2D eigenvalue weighted by molar-refractivity contribution is 7.09. The van der Waals surface area contributed by atoms with Crippen LogP contribution < -0.4 is 0 Å². The molecular formula is C7H9O2P. The van der Waals surface area contributed by atoms with E-state index < -0.39 is 0 Å². The normalized spacial score (nSPS) is 9.70. The number of hydrogen-bond acceptors (Lipinski definition) is 2. The number of hydrogen-bond donors (Lipinski definition) is 0. The maximum absolute atomic E-state index is 4.68. The standard InChI is InChI=1S/C7H9O2P/c10-9-8-6-7-4-2-1-3-5-7/h1-5H,6,10H2. The summed E-state index contributed by atoms with van der Waals surface area (Å²) in [6.07, 6.45) is 0. The van der Waals surface area contributed by atoms with Gasteiger partial charge in [-0.15, -0.1) is 0 Å². The van der Waals surface area contributed by atoms with Crippen LogP contribution in [0.2, 0.25) is 0 Å². The summed E-state index contributed by atoms with van der Waals surface area (Å²) in [5.41, 5.74) is 1.10. The van der Waals surface area contributed by atoms with Crippen LogP contribution in [0.4, 0.5) is 0 Å². The molecule has 0 radical (unpaired) electrons. The monoisotopic (exact) mass is 156 g/mol. The zero-order valence-corrected chi connectivity index (χ0v) is 6.64. The highest BCUT2D eigenvalue weighted by atomic mass is 31.0. The molecule has 1 unspecified atom stereocenters. The van der Waals surface area contributed by atoms with Crippen molar-refractivity contribution in [1.29, 1.82) is 0 Å². The van der Waals surface area contributed by atoms with Gasteiger partial charge in [0.1, 0.15) is 6.61 Å². The molecule has 0 spiro atoms. The number of benzene rings is 1. The average molecular weight is 156 g/mol. The second-order valence-electron chi connectivity index (χ2n) is 1.84. The van der Waals surface area contributed by atoms with Crippen LogP contribution in [0.15, 0.2) is 30.3 Å². The molecule has 0 heterocycles. The van der Waals surface area contributed by atoms with Crippen LogP contribution in [0, 0.1) is 0 Å². The molecule has 0 aliphatic rings. The van der Waals surface area contributed by atoms with Gasteiger partial charge in [0.15, 0.2) is 0 Å². The summed E-state index contributed by atoms with van der Waals surface area (Å²) in [6.45, 7) is 0.490. The van der Waals surface area contributed by atoms with Crippen LogP contribution in [-0.2, 0) is 16.2 Å². The molecule has 0 aliphatic carbocycles. The van der Waals surface area contributed by atoms with Crippen LogP contribution in [0.3, 0.4) is 0 Å². The first kappa shape index (κ1) is 7.67. The average Bonchev–Trinajstić information content (AvgIpc) is 2.03. The molecule has 0 N–H and O–H groups in total. The van der Waals surface area contributed by atoms with Crippen LogP contribution in [0.25, 0.3) is 0 Å². The van der Waals surface area contributed by atoms with Gasteiger partial charge in [0.05, 0.1) is 0 Å². The second-order valence-corrected chi connectivity index (χ2v) is 2.04. The van der Waals surface area contributed by atoms with E-state index in [1.54, 1.807) is 0 Å². The fourth-order valence-corrected chi connectivity index (χ4v) is 0.744. The Morgan fingerprint density at radius 1 is 1.20 bits per heavy atom. The predicted octanol–water partition coefficient (Wildman–Crippen LogP) is 1.92. The van der Waals surface area contributed by atoms with Crippen molar-refractivity contribution in [2.75, 3.05) is 0 Å². The van der Waals surface area contributed by atoms with Gasteiger partial charge in [0, 0.05) is 9.47 Å². The van der Waals surface area contributed by atoms with Crippen molar-refractivity contribution in [3.05, 3.63) is 35.9 Å². The molecule has 0 bridgehead atoms. The summed E-state index contributed by atoms with van der Waals surface area (Å²) in [7, 11) is 2.03. The third kappa shape index (κ3) is 2.44. The van der Waals surface area contributed by atoms with E-state index in [2.05, 4.69) is 9.56 Å². The summed E-state index contributed by atoms with van der Waals surface area (Å²) in [4.78, 5) is 4.68. The molecule has 0 fully saturated rings. The summed E-state index contributed by atoms with van der Waals surface area (Å²) in [5, 5.41) is 0. The lowest BCUT2D eigenvalue weighted by atomic mass is 10.2. The quantitative estimate of drug-likeness (QED) is 0.378. The van der Waals surface area contributed by atoms with Crippen LogP contribution in [0.5, 0.6) is 0 Å². The Labute approximate surface area is 62.4 Å². The Morgan fingerprint density at radius 2 is 1.90 bits per heavy atom. The van der Waals surface area contributed by atoms with Gasteiger partial charge < -0.3 is 0 Å². The molecule has 3 heteroatoms. The highest BCUT2D eigenvalue weighted by Crippen LogP contribution is 2.01. The molecule has 0 aliphatic heterocycles. The largest absolute Gasteiger partial charge is 0.229 e. The van der Waals surface area contributed by atoms with Gasteiger partial charge in [0.25, 0.3) is 0 Å². The van der Waals surface area contributed by atoms with E-state index in [-0.39, 0.29) is 0 Å². The maximum Gasteiger partial charge on any atom is 0.108 e. The Morgan fingerprint density at radius 3 is 2.50 bits per heavy atom. The molecule has 1 aromatic rings. The second kappa shape index (κ2) is 4.40. The molecule has 0 aromatic heterocycles. The zero-order valence-electron chi connectivity index (χ0n) is 5.49. The minimum Gasteiger partial charge on any atom is -0.229 e. The summed E-state index contributed by atoms with van der Waals surface area (Å²) in [5.74, 6) is 0. The highest BCUT2D eigenvalue weighted by Gasteiger charge is 1.88. The molecule has 10 heavy (non-hydrogen) atoms. The third-order valence-electron chi connectivity index (χ3n) is 1.14. The van der Waals surface area contributed by atoms with Crippen molar-refractivity contribution in [3.8, 4) is 0 Å². The SMILES string of the molecule is POOCc1ccccc1. The molecule has 1 atom stereocenters. The Bertz CT molecular complexity index is 176. The van der Waals surface area contributed by atoms with E-state index in [1.807, 2.05) is 39.8 Å². The summed E-state index contributed by atoms with van der Waals surface area (Å²) in [6, 6.07) is 9.83. The van der Waals surface area contributed by atoms with Gasteiger partial charge in [-0.1, -0.05) is 30.3 Å². The van der Waals surface area contributed by atoms with E-state index in [4.69, 9.17) is 0 Å². The lowest BCUT2D eigenvalue weighted by Crippen LogP contribution is -1.86. The van der Waals surface area contributed by atoms with Crippen molar-refractivity contribution in [1.82, 2.24) is 0 Å². The first-order chi connectivity index (χ1) is 4.93. The molecule has 1 rings (SSSR count). The van der Waals surface area contributed by atoms with Gasteiger partial charge in [-0.2, -0.15) is 0 Å². The topological polar surface area (TPSA) is 18.5 Å². The zero-order chi connectivity index (χ0) is 7.23. The summed E-state index contributed by atoms with van der Waals surface area (Å²) >= 11 is 0. The Hall–Kier alpha value is -0.430. The van der Waals surface area contributed by atoms with E-state index >= 15 is 0 Å². The third-order valence-corrected chi connectivity index (χ3v) is 1.27. The lowest BCUT2D eigenvalue weighted by molar-refractivity contribution is -0.203.